The normalized spacial score (nSPS) is 10.2. The fraction of sp³-hybridized carbons (Fsp3) is 0.154. The van der Waals surface area contributed by atoms with E-state index in [1.165, 1.54) is 0 Å². The minimum atomic E-state index is -0.0701. The van der Waals surface area contributed by atoms with Gasteiger partial charge in [0.05, 0.1) is 0 Å². The van der Waals surface area contributed by atoms with Crippen molar-refractivity contribution in [2.45, 2.75) is 13.5 Å². The van der Waals surface area contributed by atoms with Crippen LogP contribution in [-0.2, 0) is 6.54 Å². The Morgan fingerprint density at radius 1 is 1.41 bits per heavy atom. The van der Waals surface area contributed by atoms with Crippen LogP contribution in [0.25, 0.3) is 0 Å². The number of amides is 1. The molecular formula is C13H14N2OS. The fourth-order valence-corrected chi connectivity index (χ4v) is 2.16. The van der Waals surface area contributed by atoms with Crippen molar-refractivity contribution >= 4 is 22.9 Å². The highest BCUT2D eigenvalue weighted by Crippen LogP contribution is 2.13. The van der Waals surface area contributed by atoms with Crippen LogP contribution in [0.3, 0.4) is 0 Å². The molecular weight excluding hydrogens is 232 g/mol. The number of thiophene rings is 1. The molecule has 0 bridgehead atoms. The van der Waals surface area contributed by atoms with Crippen LogP contribution >= 0.6 is 11.3 Å². The summed E-state index contributed by atoms with van der Waals surface area (Å²) in [5.74, 6) is -0.0701. The van der Waals surface area contributed by atoms with Gasteiger partial charge in [-0.25, -0.2) is 0 Å². The number of benzene rings is 1. The highest BCUT2D eigenvalue weighted by molar-refractivity contribution is 7.07. The third-order valence-electron chi connectivity index (χ3n) is 2.57. The van der Waals surface area contributed by atoms with Gasteiger partial charge in [-0.1, -0.05) is 0 Å². The van der Waals surface area contributed by atoms with E-state index in [1.807, 2.05) is 23.8 Å². The molecule has 1 amide bonds. The Morgan fingerprint density at radius 2 is 2.24 bits per heavy atom. The third kappa shape index (κ3) is 2.85. The fourth-order valence-electron chi connectivity index (χ4n) is 1.49. The number of carbonyl (C=O) groups is 1. The number of rotatable bonds is 3. The average Bonchev–Trinajstić information content (AvgIpc) is 2.82. The Bertz CT molecular complexity index is 520. The maximum atomic E-state index is 11.9. The molecule has 0 saturated carbocycles. The van der Waals surface area contributed by atoms with Crippen molar-refractivity contribution in [2.75, 3.05) is 5.73 Å². The maximum Gasteiger partial charge on any atom is 0.251 e. The monoisotopic (exact) mass is 246 g/mol. The predicted octanol–water partition coefficient (Wildman–Crippen LogP) is 2.57. The van der Waals surface area contributed by atoms with Crippen molar-refractivity contribution < 1.29 is 4.79 Å². The molecule has 17 heavy (non-hydrogen) atoms. The second kappa shape index (κ2) is 5.01. The molecule has 88 valence electrons. The van der Waals surface area contributed by atoms with Gasteiger partial charge in [-0.3, -0.25) is 4.79 Å². The highest BCUT2D eigenvalue weighted by Gasteiger charge is 2.06. The summed E-state index contributed by atoms with van der Waals surface area (Å²) in [6.07, 6.45) is 0. The maximum absolute atomic E-state index is 11.9. The molecule has 3 N–H and O–H groups in total. The van der Waals surface area contributed by atoms with Gasteiger partial charge < -0.3 is 11.1 Å². The van der Waals surface area contributed by atoms with Gasteiger partial charge in [0, 0.05) is 17.8 Å². The van der Waals surface area contributed by atoms with Crippen molar-refractivity contribution in [3.63, 3.8) is 0 Å². The SMILES string of the molecule is Cc1cc(C(=O)NCc2ccsc2)ccc1N. The molecule has 1 aromatic carbocycles. The number of nitrogens with two attached hydrogens (primary N) is 1. The van der Waals surface area contributed by atoms with Crippen molar-refractivity contribution in [3.8, 4) is 0 Å². The molecule has 0 atom stereocenters. The number of anilines is 1. The average molecular weight is 246 g/mol. The quantitative estimate of drug-likeness (QED) is 0.818. The van der Waals surface area contributed by atoms with Gasteiger partial charge in [0.2, 0.25) is 0 Å². The first-order valence-corrected chi connectivity index (χ1v) is 6.26. The molecule has 1 heterocycles. The van der Waals surface area contributed by atoms with Crippen LogP contribution < -0.4 is 11.1 Å². The number of aryl methyl sites for hydroxylation is 1. The van der Waals surface area contributed by atoms with E-state index in [0.29, 0.717) is 17.8 Å². The lowest BCUT2D eigenvalue weighted by Crippen LogP contribution is -2.22. The molecule has 1 aromatic heterocycles. The summed E-state index contributed by atoms with van der Waals surface area (Å²) < 4.78 is 0. The molecule has 0 aliphatic rings. The zero-order valence-corrected chi connectivity index (χ0v) is 10.4. The first-order chi connectivity index (χ1) is 8.16. The van der Waals surface area contributed by atoms with Crippen LogP contribution in [0.1, 0.15) is 21.5 Å². The summed E-state index contributed by atoms with van der Waals surface area (Å²) in [5, 5.41) is 6.89. The van der Waals surface area contributed by atoms with Crippen molar-refractivity contribution in [1.29, 1.82) is 0 Å². The van der Waals surface area contributed by atoms with Gasteiger partial charge in [-0.2, -0.15) is 11.3 Å². The van der Waals surface area contributed by atoms with Crippen LogP contribution in [0.2, 0.25) is 0 Å². The van der Waals surface area contributed by atoms with Gasteiger partial charge >= 0.3 is 0 Å². The molecule has 3 nitrogen and oxygen atoms in total. The van der Waals surface area contributed by atoms with Crippen LogP contribution in [0, 0.1) is 6.92 Å². The van der Waals surface area contributed by atoms with Crippen LogP contribution in [0.15, 0.2) is 35.0 Å². The summed E-state index contributed by atoms with van der Waals surface area (Å²) in [5.41, 5.74) is 9.11. The Labute approximate surface area is 104 Å². The summed E-state index contributed by atoms with van der Waals surface area (Å²) in [4.78, 5) is 11.9. The molecule has 0 spiro atoms. The lowest BCUT2D eigenvalue weighted by molar-refractivity contribution is 0.0951. The number of nitrogen functional groups attached to an aromatic ring is 1. The first-order valence-electron chi connectivity index (χ1n) is 5.32. The van der Waals surface area contributed by atoms with Crippen molar-refractivity contribution in [2.24, 2.45) is 0 Å². The minimum Gasteiger partial charge on any atom is -0.399 e. The standard InChI is InChI=1S/C13H14N2OS/c1-9-6-11(2-3-12(9)14)13(16)15-7-10-4-5-17-8-10/h2-6,8H,7,14H2,1H3,(H,15,16). The summed E-state index contributed by atoms with van der Waals surface area (Å²) >= 11 is 1.62. The van der Waals surface area contributed by atoms with Crippen molar-refractivity contribution in [1.82, 2.24) is 5.32 Å². The number of hydrogen-bond acceptors (Lipinski definition) is 3. The molecule has 2 rings (SSSR count). The second-order valence-corrected chi connectivity index (χ2v) is 4.67. The van der Waals surface area contributed by atoms with Gasteiger partial charge in [0.15, 0.2) is 0 Å². The molecule has 4 heteroatoms. The Morgan fingerprint density at radius 3 is 2.88 bits per heavy atom. The molecule has 0 saturated heterocycles. The first kappa shape index (κ1) is 11.7. The molecule has 0 aliphatic heterocycles. The molecule has 2 aromatic rings. The number of nitrogens with one attached hydrogen (secondary N) is 1. The Hall–Kier alpha value is -1.81. The van der Waals surface area contributed by atoms with E-state index < -0.39 is 0 Å². The summed E-state index contributed by atoms with van der Waals surface area (Å²) in [6, 6.07) is 7.30. The zero-order valence-electron chi connectivity index (χ0n) is 9.57. The number of hydrogen-bond donors (Lipinski definition) is 2. The topological polar surface area (TPSA) is 55.1 Å². The van der Waals surface area contributed by atoms with E-state index in [4.69, 9.17) is 5.73 Å². The van der Waals surface area contributed by atoms with Gasteiger partial charge in [0.25, 0.3) is 5.91 Å². The zero-order chi connectivity index (χ0) is 12.3. The summed E-state index contributed by atoms with van der Waals surface area (Å²) in [6.45, 7) is 2.46. The van der Waals surface area contributed by atoms with Crippen LogP contribution in [0.4, 0.5) is 5.69 Å². The second-order valence-electron chi connectivity index (χ2n) is 3.89. The van der Waals surface area contributed by atoms with E-state index in [0.717, 1.165) is 11.1 Å². The van der Waals surface area contributed by atoms with Gasteiger partial charge in [-0.15, -0.1) is 0 Å². The van der Waals surface area contributed by atoms with Crippen molar-refractivity contribution in [3.05, 3.63) is 51.7 Å². The molecule has 0 aliphatic carbocycles. The number of carbonyl (C=O) groups excluding carboxylic acids is 1. The molecule has 0 fully saturated rings. The van der Waals surface area contributed by atoms with Gasteiger partial charge in [0.1, 0.15) is 0 Å². The molecule has 0 radical (unpaired) electrons. The lowest BCUT2D eigenvalue weighted by atomic mass is 10.1. The molecule has 0 unspecified atom stereocenters. The summed E-state index contributed by atoms with van der Waals surface area (Å²) in [7, 11) is 0. The smallest absolute Gasteiger partial charge is 0.251 e. The minimum absolute atomic E-state index is 0.0701. The lowest BCUT2D eigenvalue weighted by Gasteiger charge is -2.06. The van der Waals surface area contributed by atoms with E-state index >= 15 is 0 Å². The van der Waals surface area contributed by atoms with Crippen LogP contribution in [0.5, 0.6) is 0 Å². The Kier molecular flexibility index (Phi) is 3.44. The van der Waals surface area contributed by atoms with Crippen LogP contribution in [-0.4, -0.2) is 5.91 Å². The third-order valence-corrected chi connectivity index (χ3v) is 3.30. The highest BCUT2D eigenvalue weighted by atomic mass is 32.1. The van der Waals surface area contributed by atoms with E-state index in [2.05, 4.69) is 5.32 Å². The van der Waals surface area contributed by atoms with E-state index in [9.17, 15) is 4.79 Å². The largest absolute Gasteiger partial charge is 0.399 e. The van der Waals surface area contributed by atoms with E-state index in [-0.39, 0.29) is 5.91 Å². The Balaban J connectivity index is 2.02. The van der Waals surface area contributed by atoms with Gasteiger partial charge in [-0.05, 0) is 53.1 Å². The van der Waals surface area contributed by atoms with E-state index in [1.54, 1.807) is 29.5 Å². The predicted molar refractivity (Wildman–Crippen MR) is 71.1 cm³/mol.